The van der Waals surface area contributed by atoms with Gasteiger partial charge in [0.15, 0.2) is 0 Å². The molecule has 2 fully saturated rings. The number of ether oxygens (including phenoxy) is 1. The van der Waals surface area contributed by atoms with Gasteiger partial charge in [0.05, 0.1) is 13.2 Å². The zero-order chi connectivity index (χ0) is 20.1. The first kappa shape index (κ1) is 21.0. The molecule has 0 spiro atoms. The predicted molar refractivity (Wildman–Crippen MR) is 108 cm³/mol. The molecule has 9 heteroatoms. The largest absolute Gasteiger partial charge is 0.378 e. The molecule has 2 aliphatic heterocycles. The van der Waals surface area contributed by atoms with E-state index in [1.54, 1.807) is 0 Å². The predicted octanol–water partition coefficient (Wildman–Crippen LogP) is 0.658. The number of hydrogen-bond donors (Lipinski definition) is 1. The van der Waals surface area contributed by atoms with Crippen molar-refractivity contribution in [2.24, 2.45) is 5.92 Å². The van der Waals surface area contributed by atoms with Gasteiger partial charge in [0.1, 0.15) is 0 Å². The van der Waals surface area contributed by atoms with E-state index in [2.05, 4.69) is 22.3 Å². The molecule has 156 valence electrons. The zero-order valence-electron chi connectivity index (χ0n) is 16.6. The smallest absolute Gasteiger partial charge is 0.281 e. The van der Waals surface area contributed by atoms with Crippen LogP contribution in [0.25, 0.3) is 0 Å². The summed E-state index contributed by atoms with van der Waals surface area (Å²) >= 11 is 0. The highest BCUT2D eigenvalue weighted by Crippen LogP contribution is 2.21. The van der Waals surface area contributed by atoms with Crippen LogP contribution >= 0.6 is 0 Å². The SMILES string of the molecule is CN(C)S(=O)(=O)N1CCC(C(=O)NCc2ccc(N3CCOCC3)cc2)CC1. The van der Waals surface area contributed by atoms with E-state index in [1.165, 1.54) is 28.4 Å². The van der Waals surface area contributed by atoms with Crippen LogP contribution in [0.2, 0.25) is 0 Å². The van der Waals surface area contributed by atoms with Crippen molar-refractivity contribution in [3.63, 3.8) is 0 Å². The summed E-state index contributed by atoms with van der Waals surface area (Å²) in [5.74, 6) is -0.139. The summed E-state index contributed by atoms with van der Waals surface area (Å²) in [6, 6.07) is 8.24. The Morgan fingerprint density at radius 1 is 1.11 bits per heavy atom. The Kier molecular flexibility index (Phi) is 6.92. The van der Waals surface area contributed by atoms with E-state index in [-0.39, 0.29) is 11.8 Å². The number of amides is 1. The summed E-state index contributed by atoms with van der Waals surface area (Å²) in [6.07, 6.45) is 1.10. The number of carbonyl (C=O) groups excluding carboxylic acids is 1. The van der Waals surface area contributed by atoms with E-state index in [9.17, 15) is 13.2 Å². The van der Waals surface area contributed by atoms with Gasteiger partial charge in [0.25, 0.3) is 10.2 Å². The number of nitrogens with one attached hydrogen (secondary N) is 1. The lowest BCUT2D eigenvalue weighted by molar-refractivity contribution is -0.126. The highest BCUT2D eigenvalue weighted by molar-refractivity contribution is 7.86. The number of carbonyl (C=O) groups is 1. The van der Waals surface area contributed by atoms with E-state index in [4.69, 9.17) is 4.74 Å². The molecular formula is C19H30N4O4S. The lowest BCUT2D eigenvalue weighted by Gasteiger charge is -2.32. The monoisotopic (exact) mass is 410 g/mol. The number of hydrogen-bond acceptors (Lipinski definition) is 5. The Balaban J connectivity index is 1.46. The van der Waals surface area contributed by atoms with Crippen LogP contribution in [0.1, 0.15) is 18.4 Å². The summed E-state index contributed by atoms with van der Waals surface area (Å²) in [5.41, 5.74) is 2.23. The lowest BCUT2D eigenvalue weighted by atomic mass is 9.97. The first-order valence-corrected chi connectivity index (χ1v) is 11.1. The molecule has 2 aliphatic rings. The average molecular weight is 411 g/mol. The van der Waals surface area contributed by atoms with Crippen LogP contribution in [-0.2, 0) is 26.3 Å². The number of piperidine rings is 1. The minimum atomic E-state index is -3.39. The summed E-state index contributed by atoms with van der Waals surface area (Å²) in [7, 11) is -0.342. The average Bonchev–Trinajstić information content (AvgIpc) is 2.73. The molecule has 2 heterocycles. The first-order chi connectivity index (χ1) is 13.4. The molecule has 0 atom stereocenters. The molecule has 0 unspecified atom stereocenters. The molecule has 3 rings (SSSR count). The molecule has 1 N–H and O–H groups in total. The second kappa shape index (κ2) is 9.21. The van der Waals surface area contributed by atoms with Gasteiger partial charge in [-0.25, -0.2) is 0 Å². The lowest BCUT2D eigenvalue weighted by Crippen LogP contribution is -2.46. The van der Waals surface area contributed by atoms with Crippen molar-refractivity contribution in [2.45, 2.75) is 19.4 Å². The Labute approximate surface area is 167 Å². The minimum Gasteiger partial charge on any atom is -0.378 e. The third-order valence-electron chi connectivity index (χ3n) is 5.39. The number of nitrogens with zero attached hydrogens (tertiary/aromatic N) is 3. The van der Waals surface area contributed by atoms with Crippen molar-refractivity contribution in [2.75, 3.05) is 58.4 Å². The van der Waals surface area contributed by atoms with Crippen LogP contribution in [0.3, 0.4) is 0 Å². The minimum absolute atomic E-state index is 0.000781. The van der Waals surface area contributed by atoms with Gasteiger partial charge in [-0.2, -0.15) is 17.0 Å². The number of benzene rings is 1. The Hall–Kier alpha value is -1.68. The van der Waals surface area contributed by atoms with E-state index in [0.29, 0.717) is 32.5 Å². The van der Waals surface area contributed by atoms with Crippen LogP contribution in [0.4, 0.5) is 5.69 Å². The Morgan fingerprint density at radius 2 is 1.71 bits per heavy atom. The highest BCUT2D eigenvalue weighted by Gasteiger charge is 2.32. The first-order valence-electron chi connectivity index (χ1n) is 9.75. The molecule has 0 radical (unpaired) electrons. The second-order valence-electron chi connectivity index (χ2n) is 7.45. The maximum atomic E-state index is 12.5. The van der Waals surface area contributed by atoms with Crippen molar-refractivity contribution >= 4 is 21.8 Å². The third-order valence-corrected chi connectivity index (χ3v) is 7.33. The van der Waals surface area contributed by atoms with Crippen molar-refractivity contribution in [3.8, 4) is 0 Å². The van der Waals surface area contributed by atoms with Crippen LogP contribution in [0.5, 0.6) is 0 Å². The Morgan fingerprint density at radius 3 is 2.29 bits per heavy atom. The van der Waals surface area contributed by atoms with Gasteiger partial charge in [-0.05, 0) is 30.5 Å². The number of rotatable bonds is 6. The fraction of sp³-hybridized carbons (Fsp3) is 0.632. The molecule has 0 bridgehead atoms. The standard InChI is InChI=1S/C19H30N4O4S/c1-21(2)28(25,26)23-9-7-17(8-10-23)19(24)20-15-16-3-5-18(6-4-16)22-11-13-27-14-12-22/h3-6,17H,7-15H2,1-2H3,(H,20,24). The van der Waals surface area contributed by atoms with Gasteiger partial charge in [0.2, 0.25) is 5.91 Å². The molecular weight excluding hydrogens is 380 g/mol. The summed E-state index contributed by atoms with van der Waals surface area (Å²) in [4.78, 5) is 14.8. The van der Waals surface area contributed by atoms with E-state index >= 15 is 0 Å². The topological polar surface area (TPSA) is 82.2 Å². The summed E-state index contributed by atoms with van der Waals surface area (Å²) in [6.45, 7) is 4.56. The summed E-state index contributed by atoms with van der Waals surface area (Å²) in [5, 5.41) is 2.99. The van der Waals surface area contributed by atoms with Gasteiger partial charge in [-0.15, -0.1) is 0 Å². The van der Waals surface area contributed by atoms with Crippen LogP contribution in [0, 0.1) is 5.92 Å². The van der Waals surface area contributed by atoms with Crippen molar-refractivity contribution in [3.05, 3.63) is 29.8 Å². The van der Waals surface area contributed by atoms with Gasteiger partial charge < -0.3 is 15.0 Å². The fourth-order valence-electron chi connectivity index (χ4n) is 3.56. The zero-order valence-corrected chi connectivity index (χ0v) is 17.5. The van der Waals surface area contributed by atoms with Gasteiger partial charge in [0, 0.05) is 58.4 Å². The fourth-order valence-corrected chi connectivity index (χ4v) is 4.69. The van der Waals surface area contributed by atoms with Crippen LogP contribution in [-0.4, -0.2) is 76.4 Å². The molecule has 28 heavy (non-hydrogen) atoms. The third kappa shape index (κ3) is 5.02. The molecule has 2 saturated heterocycles. The molecule has 1 amide bonds. The summed E-state index contributed by atoms with van der Waals surface area (Å²) < 4.78 is 32.3. The van der Waals surface area contributed by atoms with Gasteiger partial charge >= 0.3 is 0 Å². The van der Waals surface area contributed by atoms with Gasteiger partial charge in [-0.1, -0.05) is 12.1 Å². The maximum absolute atomic E-state index is 12.5. The van der Waals surface area contributed by atoms with Gasteiger partial charge in [-0.3, -0.25) is 4.79 Å². The molecule has 0 aromatic heterocycles. The van der Waals surface area contributed by atoms with Crippen molar-refractivity contribution in [1.29, 1.82) is 0 Å². The molecule has 0 saturated carbocycles. The quantitative estimate of drug-likeness (QED) is 0.745. The molecule has 8 nitrogen and oxygen atoms in total. The number of morpholine rings is 1. The van der Waals surface area contributed by atoms with Crippen LogP contribution < -0.4 is 10.2 Å². The molecule has 0 aliphatic carbocycles. The van der Waals surface area contributed by atoms with Crippen molar-refractivity contribution < 1.29 is 17.9 Å². The van der Waals surface area contributed by atoms with Crippen LogP contribution in [0.15, 0.2) is 24.3 Å². The van der Waals surface area contributed by atoms with Crippen molar-refractivity contribution in [1.82, 2.24) is 13.9 Å². The maximum Gasteiger partial charge on any atom is 0.281 e. The molecule has 1 aromatic carbocycles. The van der Waals surface area contributed by atoms with E-state index in [1.807, 2.05) is 12.1 Å². The normalized spacial score (nSPS) is 19.8. The highest BCUT2D eigenvalue weighted by atomic mass is 32.2. The second-order valence-corrected chi connectivity index (χ2v) is 9.59. The van der Waals surface area contributed by atoms with E-state index in [0.717, 1.165) is 31.9 Å². The number of anilines is 1. The Bertz CT molecular complexity index is 753. The molecule has 1 aromatic rings. The van der Waals surface area contributed by atoms with E-state index < -0.39 is 10.2 Å².